The number of hydrogen-bond donors (Lipinski definition) is 1. The lowest BCUT2D eigenvalue weighted by molar-refractivity contribution is 0.0656. The van der Waals surface area contributed by atoms with E-state index in [0.29, 0.717) is 35.1 Å². The van der Waals surface area contributed by atoms with E-state index in [9.17, 15) is 9.59 Å². The zero-order valence-corrected chi connectivity index (χ0v) is 12.5. The third-order valence-electron chi connectivity index (χ3n) is 4.12. The third-order valence-corrected chi connectivity index (χ3v) is 4.12. The summed E-state index contributed by atoms with van der Waals surface area (Å²) in [6.45, 7) is 2.38. The molecule has 0 saturated heterocycles. The number of rotatable bonds is 3. The van der Waals surface area contributed by atoms with Crippen molar-refractivity contribution >= 4 is 22.8 Å². The van der Waals surface area contributed by atoms with Crippen molar-refractivity contribution < 1.29 is 9.59 Å². The number of fused-ring (bicyclic) bond motifs is 3. The van der Waals surface area contributed by atoms with Crippen LogP contribution in [0.1, 0.15) is 31.8 Å². The summed E-state index contributed by atoms with van der Waals surface area (Å²) >= 11 is 0. The standard InChI is InChI=1S/C17H14N4O2/c1-10-3-2-4-11(7-10)5-6-21-16(22)13-8-18-15-12(9-19-20-15)14(13)17(21)23/h2-4,7-9H,5-6H2,1H3,(H,18,19,20). The maximum Gasteiger partial charge on any atom is 0.263 e. The van der Waals surface area contributed by atoms with E-state index in [1.54, 1.807) is 0 Å². The fourth-order valence-electron chi connectivity index (χ4n) is 2.98. The normalized spacial score (nSPS) is 13.9. The number of nitrogens with one attached hydrogen (secondary N) is 1. The Morgan fingerprint density at radius 2 is 2.04 bits per heavy atom. The van der Waals surface area contributed by atoms with E-state index in [1.165, 1.54) is 17.3 Å². The number of aromatic nitrogens is 3. The predicted octanol–water partition coefficient (Wildman–Crippen LogP) is 2.11. The molecular formula is C17H14N4O2. The van der Waals surface area contributed by atoms with Gasteiger partial charge in [-0.1, -0.05) is 29.8 Å². The van der Waals surface area contributed by atoms with Crippen LogP contribution in [0.3, 0.4) is 0 Å². The van der Waals surface area contributed by atoms with Crippen molar-refractivity contribution in [2.45, 2.75) is 13.3 Å². The van der Waals surface area contributed by atoms with Crippen LogP contribution < -0.4 is 0 Å². The summed E-state index contributed by atoms with van der Waals surface area (Å²) in [5.41, 5.74) is 3.54. The van der Waals surface area contributed by atoms with Gasteiger partial charge in [-0.25, -0.2) is 4.98 Å². The number of aryl methyl sites for hydroxylation is 1. The number of pyridine rings is 1. The van der Waals surface area contributed by atoms with Crippen LogP contribution in [-0.4, -0.2) is 38.4 Å². The van der Waals surface area contributed by atoms with E-state index in [2.05, 4.69) is 21.2 Å². The zero-order chi connectivity index (χ0) is 16.0. The number of aromatic amines is 1. The number of hydrogen-bond acceptors (Lipinski definition) is 4. The van der Waals surface area contributed by atoms with Gasteiger partial charge in [-0.05, 0) is 18.9 Å². The number of nitrogens with zero attached hydrogens (tertiary/aromatic N) is 3. The summed E-state index contributed by atoms with van der Waals surface area (Å²) < 4.78 is 0. The summed E-state index contributed by atoms with van der Waals surface area (Å²) in [6.07, 6.45) is 3.62. The van der Waals surface area contributed by atoms with E-state index in [0.717, 1.165) is 11.1 Å². The lowest BCUT2D eigenvalue weighted by Gasteiger charge is -2.13. The fourth-order valence-corrected chi connectivity index (χ4v) is 2.98. The van der Waals surface area contributed by atoms with Gasteiger partial charge in [0.05, 0.1) is 22.7 Å². The highest BCUT2D eigenvalue weighted by atomic mass is 16.2. The zero-order valence-electron chi connectivity index (χ0n) is 12.5. The van der Waals surface area contributed by atoms with E-state index in [-0.39, 0.29) is 11.8 Å². The molecule has 23 heavy (non-hydrogen) atoms. The summed E-state index contributed by atoms with van der Waals surface area (Å²) in [6, 6.07) is 8.06. The van der Waals surface area contributed by atoms with Crippen molar-refractivity contribution in [3.05, 3.63) is 58.9 Å². The first-order valence-electron chi connectivity index (χ1n) is 7.39. The molecule has 2 aromatic heterocycles. The van der Waals surface area contributed by atoms with Gasteiger partial charge in [0.2, 0.25) is 0 Å². The maximum atomic E-state index is 12.6. The molecule has 3 aromatic rings. The molecule has 0 aliphatic carbocycles. The molecule has 1 aliphatic heterocycles. The molecule has 6 nitrogen and oxygen atoms in total. The van der Waals surface area contributed by atoms with Crippen molar-refractivity contribution in [3.8, 4) is 0 Å². The van der Waals surface area contributed by atoms with E-state index < -0.39 is 0 Å². The van der Waals surface area contributed by atoms with Gasteiger partial charge < -0.3 is 0 Å². The smallest absolute Gasteiger partial charge is 0.263 e. The Labute approximate surface area is 132 Å². The van der Waals surface area contributed by atoms with Gasteiger partial charge in [0, 0.05) is 12.7 Å². The van der Waals surface area contributed by atoms with Crippen LogP contribution in [0, 0.1) is 6.92 Å². The molecular weight excluding hydrogens is 292 g/mol. The Kier molecular flexibility index (Phi) is 2.97. The summed E-state index contributed by atoms with van der Waals surface area (Å²) in [5, 5.41) is 7.21. The highest BCUT2D eigenvalue weighted by Gasteiger charge is 2.37. The second kappa shape index (κ2) is 5.01. The number of carbonyl (C=O) groups is 2. The van der Waals surface area contributed by atoms with Gasteiger partial charge in [-0.3, -0.25) is 19.6 Å². The molecule has 0 bridgehead atoms. The summed E-state index contributed by atoms with van der Waals surface area (Å²) in [7, 11) is 0. The Morgan fingerprint density at radius 1 is 1.17 bits per heavy atom. The highest BCUT2D eigenvalue weighted by molar-refractivity contribution is 6.25. The first kappa shape index (κ1) is 13.6. The van der Waals surface area contributed by atoms with Crippen molar-refractivity contribution in [1.82, 2.24) is 20.1 Å². The Morgan fingerprint density at radius 3 is 2.87 bits per heavy atom. The molecule has 0 spiro atoms. The van der Waals surface area contributed by atoms with Gasteiger partial charge in [0.15, 0.2) is 5.65 Å². The molecule has 0 fully saturated rings. The van der Waals surface area contributed by atoms with E-state index in [1.807, 2.05) is 25.1 Å². The van der Waals surface area contributed by atoms with E-state index >= 15 is 0 Å². The Hall–Kier alpha value is -3.02. The largest absolute Gasteiger partial charge is 0.274 e. The molecule has 1 N–H and O–H groups in total. The third kappa shape index (κ3) is 2.11. The maximum absolute atomic E-state index is 12.6. The lowest BCUT2D eigenvalue weighted by atomic mass is 10.1. The van der Waals surface area contributed by atoms with Gasteiger partial charge in [0.25, 0.3) is 11.8 Å². The Bertz CT molecular complexity index is 945. The van der Waals surface area contributed by atoms with Gasteiger partial charge in [-0.2, -0.15) is 5.10 Å². The predicted molar refractivity (Wildman–Crippen MR) is 84.1 cm³/mol. The molecule has 0 atom stereocenters. The fraction of sp³-hybridized carbons (Fsp3) is 0.176. The summed E-state index contributed by atoms with van der Waals surface area (Å²) in [4.78, 5) is 30.6. The molecule has 6 heteroatoms. The van der Waals surface area contributed by atoms with Crippen LogP contribution in [-0.2, 0) is 6.42 Å². The molecule has 0 radical (unpaired) electrons. The topological polar surface area (TPSA) is 79.0 Å². The minimum Gasteiger partial charge on any atom is -0.274 e. The van der Waals surface area contributed by atoms with Crippen LogP contribution in [0.15, 0.2) is 36.7 Å². The van der Waals surface area contributed by atoms with Crippen LogP contribution in [0.5, 0.6) is 0 Å². The number of H-pyrrole nitrogens is 1. The first-order chi connectivity index (χ1) is 11.1. The molecule has 3 heterocycles. The first-order valence-corrected chi connectivity index (χ1v) is 7.39. The van der Waals surface area contributed by atoms with Crippen LogP contribution in [0.4, 0.5) is 0 Å². The second-order valence-electron chi connectivity index (χ2n) is 5.68. The Balaban J connectivity index is 1.64. The highest BCUT2D eigenvalue weighted by Crippen LogP contribution is 2.28. The second-order valence-corrected chi connectivity index (χ2v) is 5.68. The van der Waals surface area contributed by atoms with Gasteiger partial charge in [0.1, 0.15) is 0 Å². The van der Waals surface area contributed by atoms with Crippen LogP contribution in [0.25, 0.3) is 11.0 Å². The number of amides is 2. The lowest BCUT2D eigenvalue weighted by Crippen LogP contribution is -2.31. The van der Waals surface area contributed by atoms with Crippen molar-refractivity contribution in [1.29, 1.82) is 0 Å². The molecule has 1 aromatic carbocycles. The number of imide groups is 1. The van der Waals surface area contributed by atoms with Crippen molar-refractivity contribution in [3.63, 3.8) is 0 Å². The average Bonchev–Trinajstić information content (AvgIpc) is 3.10. The molecule has 4 rings (SSSR count). The number of carbonyl (C=O) groups excluding carboxylic acids is 2. The van der Waals surface area contributed by atoms with Crippen molar-refractivity contribution in [2.24, 2.45) is 0 Å². The average molecular weight is 306 g/mol. The number of benzene rings is 1. The van der Waals surface area contributed by atoms with Gasteiger partial charge >= 0.3 is 0 Å². The quantitative estimate of drug-likeness (QED) is 0.752. The molecule has 1 aliphatic rings. The summed E-state index contributed by atoms with van der Waals surface area (Å²) in [5.74, 6) is -0.556. The van der Waals surface area contributed by atoms with Crippen LogP contribution in [0.2, 0.25) is 0 Å². The molecule has 0 saturated carbocycles. The van der Waals surface area contributed by atoms with E-state index in [4.69, 9.17) is 0 Å². The van der Waals surface area contributed by atoms with Gasteiger partial charge in [-0.15, -0.1) is 0 Å². The molecule has 2 amide bonds. The van der Waals surface area contributed by atoms with Crippen molar-refractivity contribution in [2.75, 3.05) is 6.54 Å². The minimum atomic E-state index is -0.284. The minimum absolute atomic E-state index is 0.272. The monoisotopic (exact) mass is 306 g/mol. The van der Waals surface area contributed by atoms with Crippen LogP contribution >= 0.6 is 0 Å². The SMILES string of the molecule is Cc1cccc(CCN2C(=O)c3cnc4[nH]ncc4c3C2=O)c1. The molecule has 0 unspecified atom stereocenters. The molecule has 114 valence electrons.